The van der Waals surface area contributed by atoms with Crippen molar-refractivity contribution in [2.75, 3.05) is 33.4 Å². The number of hydrogen-bond acceptors (Lipinski definition) is 4. The number of hydrogen-bond donors (Lipinski definition) is 0. The molecule has 2 heterocycles. The van der Waals surface area contributed by atoms with E-state index >= 15 is 0 Å². The molecule has 0 amide bonds. The molecule has 1 atom stereocenters. The van der Waals surface area contributed by atoms with Crippen LogP contribution in [0.3, 0.4) is 0 Å². The number of likely N-dealkylation sites (tertiary alicyclic amines) is 1. The smallest absolute Gasteiger partial charge is 0.161 e. The minimum atomic E-state index is -0.138. The van der Waals surface area contributed by atoms with Crippen molar-refractivity contribution in [1.82, 2.24) is 4.90 Å². The van der Waals surface area contributed by atoms with Gasteiger partial charge in [0.05, 0.1) is 5.60 Å². The summed E-state index contributed by atoms with van der Waals surface area (Å²) in [5.41, 5.74) is 1.16. The lowest BCUT2D eigenvalue weighted by Crippen LogP contribution is -2.45. The molecule has 0 saturated carbocycles. The average molecular weight is 353 g/mol. The van der Waals surface area contributed by atoms with Crippen LogP contribution >= 0.6 is 0 Å². The molecule has 1 fully saturated rings. The molecule has 0 spiro atoms. The lowest BCUT2D eigenvalue weighted by molar-refractivity contribution is -0.0639. The van der Waals surface area contributed by atoms with Crippen molar-refractivity contribution < 1.29 is 14.2 Å². The first-order chi connectivity index (χ1) is 12.8. The molecule has 2 aromatic rings. The van der Waals surface area contributed by atoms with Crippen molar-refractivity contribution in [1.29, 1.82) is 0 Å². The van der Waals surface area contributed by atoms with Gasteiger partial charge in [-0.05, 0) is 30.5 Å². The third kappa shape index (κ3) is 3.57. The molecular weight excluding hydrogens is 326 g/mol. The molecule has 0 radical (unpaired) electrons. The normalized spacial score (nSPS) is 22.1. The zero-order chi connectivity index (χ0) is 17.8. The minimum absolute atomic E-state index is 0.133. The van der Waals surface area contributed by atoms with Crippen molar-refractivity contribution in [3.8, 4) is 11.5 Å². The Bertz CT molecular complexity index is 710. The van der Waals surface area contributed by atoms with Gasteiger partial charge >= 0.3 is 0 Å². The molecule has 26 heavy (non-hydrogen) atoms. The predicted molar refractivity (Wildman–Crippen MR) is 102 cm³/mol. The van der Waals surface area contributed by atoms with Crippen LogP contribution in [-0.4, -0.2) is 44.4 Å². The van der Waals surface area contributed by atoms with E-state index in [0.717, 1.165) is 50.4 Å². The van der Waals surface area contributed by atoms with E-state index in [0.29, 0.717) is 6.61 Å². The number of para-hydroxylation sites is 2. The first-order valence-corrected chi connectivity index (χ1v) is 9.51. The third-order valence-corrected chi connectivity index (χ3v) is 5.69. The summed E-state index contributed by atoms with van der Waals surface area (Å²) in [6, 6.07) is 18.5. The molecule has 0 aliphatic carbocycles. The van der Waals surface area contributed by atoms with Crippen LogP contribution in [-0.2, 0) is 10.3 Å². The maximum atomic E-state index is 6.08. The molecule has 1 unspecified atom stereocenters. The van der Waals surface area contributed by atoms with E-state index in [9.17, 15) is 0 Å². The molecule has 1 saturated heterocycles. The van der Waals surface area contributed by atoms with Crippen molar-refractivity contribution in [3.63, 3.8) is 0 Å². The Kier molecular flexibility index (Phi) is 5.14. The quantitative estimate of drug-likeness (QED) is 0.817. The molecule has 4 nitrogen and oxygen atoms in total. The zero-order valence-corrected chi connectivity index (χ0v) is 15.4. The molecular formula is C22H27NO3. The molecule has 4 heteroatoms. The molecule has 0 N–H and O–H groups in total. The Hall–Kier alpha value is -2.04. The first-order valence-electron chi connectivity index (χ1n) is 9.51. The average Bonchev–Trinajstić information content (AvgIpc) is 2.73. The number of nitrogens with zero attached hydrogens (tertiary/aromatic N) is 1. The van der Waals surface area contributed by atoms with Gasteiger partial charge in [0.25, 0.3) is 0 Å². The molecule has 0 aromatic heterocycles. The summed E-state index contributed by atoms with van der Waals surface area (Å²) in [5.74, 6) is 1.72. The Morgan fingerprint density at radius 1 is 1.00 bits per heavy atom. The molecule has 4 rings (SSSR count). The van der Waals surface area contributed by atoms with Crippen molar-refractivity contribution >= 4 is 0 Å². The van der Waals surface area contributed by atoms with Gasteiger partial charge in [-0.3, -0.25) is 0 Å². The van der Waals surface area contributed by atoms with E-state index in [2.05, 4.69) is 35.2 Å². The van der Waals surface area contributed by atoms with Gasteiger partial charge in [-0.25, -0.2) is 0 Å². The van der Waals surface area contributed by atoms with Gasteiger partial charge in [0, 0.05) is 33.2 Å². The highest BCUT2D eigenvalue weighted by Gasteiger charge is 2.36. The van der Waals surface area contributed by atoms with Gasteiger partial charge < -0.3 is 19.1 Å². The van der Waals surface area contributed by atoms with E-state index in [1.54, 1.807) is 0 Å². The zero-order valence-electron chi connectivity index (χ0n) is 15.4. The molecule has 2 aliphatic rings. The maximum Gasteiger partial charge on any atom is 0.161 e. The number of benzene rings is 2. The summed E-state index contributed by atoms with van der Waals surface area (Å²) in [7, 11) is 1.84. The Morgan fingerprint density at radius 2 is 1.69 bits per heavy atom. The van der Waals surface area contributed by atoms with Gasteiger partial charge in [-0.2, -0.15) is 0 Å². The summed E-state index contributed by atoms with van der Waals surface area (Å²) in [5, 5.41) is 0. The van der Waals surface area contributed by atoms with Gasteiger partial charge in [-0.1, -0.05) is 42.5 Å². The maximum absolute atomic E-state index is 6.08. The first kappa shape index (κ1) is 17.4. The van der Waals surface area contributed by atoms with Crippen molar-refractivity contribution in [3.05, 3.63) is 60.2 Å². The highest BCUT2D eigenvalue weighted by Crippen LogP contribution is 2.36. The van der Waals surface area contributed by atoms with Gasteiger partial charge in [0.2, 0.25) is 0 Å². The number of rotatable bonds is 5. The van der Waals surface area contributed by atoms with Crippen LogP contribution in [0.25, 0.3) is 0 Å². The largest absolute Gasteiger partial charge is 0.486 e. The summed E-state index contributed by atoms with van der Waals surface area (Å²) in [6.45, 7) is 3.77. The molecule has 0 bridgehead atoms. The Labute approximate surface area is 155 Å². The second-order valence-electron chi connectivity index (χ2n) is 7.19. The second-order valence-corrected chi connectivity index (χ2v) is 7.19. The van der Waals surface area contributed by atoms with Crippen molar-refractivity contribution in [2.24, 2.45) is 0 Å². The van der Waals surface area contributed by atoms with E-state index in [-0.39, 0.29) is 11.7 Å². The molecule has 2 aliphatic heterocycles. The number of piperidine rings is 1. The monoisotopic (exact) mass is 353 g/mol. The van der Waals surface area contributed by atoms with Crippen LogP contribution in [0.15, 0.2) is 54.6 Å². The number of methoxy groups -OCH3 is 1. The molecule has 2 aromatic carbocycles. The SMILES string of the molecule is COC1(c2ccccc2)CCN(CCC2COc3ccccc3O2)CC1. The van der Waals surface area contributed by atoms with Crippen LogP contribution in [0.1, 0.15) is 24.8 Å². The standard InChI is InChI=1S/C22H27NO3/c1-24-22(18-7-3-2-4-8-18)12-15-23(16-13-22)14-11-19-17-25-20-9-5-6-10-21(20)26-19/h2-10,19H,11-17H2,1H3. The highest BCUT2D eigenvalue weighted by atomic mass is 16.6. The van der Waals surface area contributed by atoms with E-state index in [4.69, 9.17) is 14.2 Å². The third-order valence-electron chi connectivity index (χ3n) is 5.69. The van der Waals surface area contributed by atoms with Crippen molar-refractivity contribution in [2.45, 2.75) is 31.0 Å². The fraction of sp³-hybridized carbons (Fsp3) is 0.455. The second kappa shape index (κ2) is 7.68. The predicted octanol–water partition coefficient (Wildman–Crippen LogP) is 3.85. The summed E-state index contributed by atoms with van der Waals surface area (Å²) >= 11 is 0. The van der Waals surface area contributed by atoms with Gasteiger partial charge in [0.15, 0.2) is 11.5 Å². The van der Waals surface area contributed by atoms with Crippen LogP contribution < -0.4 is 9.47 Å². The summed E-state index contributed by atoms with van der Waals surface area (Å²) in [6.07, 6.45) is 3.17. The number of fused-ring (bicyclic) bond motifs is 1. The molecule has 138 valence electrons. The van der Waals surface area contributed by atoms with E-state index < -0.39 is 0 Å². The van der Waals surface area contributed by atoms with E-state index in [1.165, 1.54) is 5.56 Å². The topological polar surface area (TPSA) is 30.9 Å². The fourth-order valence-electron chi connectivity index (χ4n) is 4.02. The summed E-state index contributed by atoms with van der Waals surface area (Å²) < 4.78 is 17.9. The van der Waals surface area contributed by atoms with Crippen LogP contribution in [0.2, 0.25) is 0 Å². The lowest BCUT2D eigenvalue weighted by atomic mass is 9.84. The van der Waals surface area contributed by atoms with Crippen LogP contribution in [0.4, 0.5) is 0 Å². The van der Waals surface area contributed by atoms with Crippen LogP contribution in [0, 0.1) is 0 Å². The minimum Gasteiger partial charge on any atom is -0.486 e. The lowest BCUT2D eigenvalue weighted by Gasteiger charge is -2.41. The van der Waals surface area contributed by atoms with Gasteiger partial charge in [-0.15, -0.1) is 0 Å². The van der Waals surface area contributed by atoms with Crippen LogP contribution in [0.5, 0.6) is 11.5 Å². The van der Waals surface area contributed by atoms with Gasteiger partial charge in [0.1, 0.15) is 12.7 Å². The Balaban J connectivity index is 1.29. The number of ether oxygens (including phenoxy) is 3. The highest BCUT2D eigenvalue weighted by molar-refractivity contribution is 5.40. The fourth-order valence-corrected chi connectivity index (χ4v) is 4.02. The summed E-state index contributed by atoms with van der Waals surface area (Å²) in [4.78, 5) is 2.52. The Morgan fingerprint density at radius 3 is 2.42 bits per heavy atom. The van der Waals surface area contributed by atoms with E-state index in [1.807, 2.05) is 31.4 Å².